The quantitative estimate of drug-likeness (QED) is 0.0881. The number of fused-ring (bicyclic) bond motifs is 10. The van der Waals surface area contributed by atoms with Gasteiger partial charge in [-0.05, 0) is 73.2 Å². The number of pyridine rings is 4. The summed E-state index contributed by atoms with van der Waals surface area (Å²) in [7, 11) is 0. The van der Waals surface area contributed by atoms with Gasteiger partial charge in [-0.2, -0.15) is 11.8 Å². The van der Waals surface area contributed by atoms with Crippen molar-refractivity contribution < 1.29 is 43.2 Å². The van der Waals surface area contributed by atoms with Crippen LogP contribution in [0, 0.1) is 25.5 Å². The largest absolute Gasteiger partial charge is 0.458 e. The molecular weight excluding hydrogens is 870 g/mol. The molecule has 10 rings (SSSR count). The average molecular weight is 915 g/mol. The Bertz CT molecular complexity index is 3140. The van der Waals surface area contributed by atoms with Crippen LogP contribution in [0.5, 0.6) is 0 Å². The Morgan fingerprint density at radius 3 is 1.58 bits per heavy atom. The molecule has 0 fully saturated rings. The number of hydrogen-bond donors (Lipinski definition) is 3. The predicted molar refractivity (Wildman–Crippen MR) is 238 cm³/mol. The minimum Gasteiger partial charge on any atom is -0.458 e. The van der Waals surface area contributed by atoms with Crippen molar-refractivity contribution in [1.82, 2.24) is 19.1 Å². The molecule has 334 valence electrons. The molecule has 8 heterocycles. The molecular formula is C47H45ClF2N4O9S. The lowest BCUT2D eigenvalue weighted by molar-refractivity contribution is -0.172. The van der Waals surface area contributed by atoms with Crippen molar-refractivity contribution in [2.75, 3.05) is 12.4 Å². The highest BCUT2D eigenvalue weighted by molar-refractivity contribution is 7.98. The molecule has 0 aliphatic carbocycles. The van der Waals surface area contributed by atoms with Crippen LogP contribution in [-0.4, -0.2) is 58.7 Å². The smallest absolute Gasteiger partial charge is 0.343 e. The van der Waals surface area contributed by atoms with Crippen LogP contribution in [0.4, 0.5) is 8.78 Å². The summed E-state index contributed by atoms with van der Waals surface area (Å²) >= 11 is 7.81. The number of halogens is 3. The van der Waals surface area contributed by atoms with Gasteiger partial charge in [0.05, 0.1) is 64.6 Å². The summed E-state index contributed by atoms with van der Waals surface area (Å²) in [4.78, 5) is 60.6. The van der Waals surface area contributed by atoms with E-state index in [2.05, 4.69) is 4.98 Å². The zero-order valence-corrected chi connectivity index (χ0v) is 36.2. The maximum absolute atomic E-state index is 14.4. The number of hydrogen-bond acceptors (Lipinski definition) is 12. The molecule has 13 nitrogen and oxygen atoms in total. The van der Waals surface area contributed by atoms with E-state index in [4.69, 9.17) is 26.1 Å². The van der Waals surface area contributed by atoms with Crippen LogP contribution in [0.3, 0.4) is 0 Å². The minimum absolute atomic E-state index is 0. The zero-order valence-electron chi connectivity index (χ0n) is 34.7. The maximum Gasteiger partial charge on any atom is 0.343 e. The Balaban J connectivity index is 0.000000173. The monoisotopic (exact) mass is 914 g/mol. The first kappa shape index (κ1) is 45.1. The highest BCUT2D eigenvalue weighted by atomic mass is 35.5. The number of aliphatic hydroxyl groups excluding tert-OH is 1. The fourth-order valence-corrected chi connectivity index (χ4v) is 10.3. The predicted octanol–water partition coefficient (Wildman–Crippen LogP) is 6.65. The minimum atomic E-state index is -1.90. The van der Waals surface area contributed by atoms with Crippen LogP contribution in [-0.2, 0) is 68.2 Å². The van der Waals surface area contributed by atoms with Crippen molar-refractivity contribution in [3.8, 4) is 22.8 Å². The van der Waals surface area contributed by atoms with E-state index in [9.17, 15) is 43.3 Å². The molecule has 4 aliphatic rings. The SMILES string of the molecule is C.CC[C@@]1(O)C(=O)OCc2c1cc1n(c2=O)Cc2c-1nc1cc(F)c(C)cc1c2CCl.CC[C@@]1(O)C(=O)OCc2c1cc1n(c2=O)Cc2c-1nc1cc(F)c(C)cc1c2CSCCO. The molecule has 3 N–H and O–H groups in total. The van der Waals surface area contributed by atoms with E-state index >= 15 is 0 Å². The number of thioether (sulfide) groups is 1. The number of esters is 2. The van der Waals surface area contributed by atoms with Crippen molar-refractivity contribution in [1.29, 1.82) is 0 Å². The second kappa shape index (κ2) is 16.5. The van der Waals surface area contributed by atoms with Crippen molar-refractivity contribution in [3.05, 3.63) is 124 Å². The molecule has 6 aromatic rings. The molecule has 2 aromatic carbocycles. The molecule has 0 spiro atoms. The third kappa shape index (κ3) is 6.67. The van der Waals surface area contributed by atoms with Crippen molar-refractivity contribution in [2.24, 2.45) is 0 Å². The first-order valence-corrected chi connectivity index (χ1v) is 22.1. The van der Waals surface area contributed by atoms with Gasteiger partial charge in [-0.3, -0.25) is 9.59 Å². The van der Waals surface area contributed by atoms with Gasteiger partial charge in [0.25, 0.3) is 11.1 Å². The van der Waals surface area contributed by atoms with Crippen LogP contribution in [0.1, 0.15) is 89.8 Å². The Labute approximate surface area is 374 Å². The first-order valence-electron chi connectivity index (χ1n) is 20.4. The number of carbonyl (C=O) groups is 2. The third-order valence-corrected chi connectivity index (χ3v) is 14.0. The number of cyclic esters (lactones) is 2. The summed E-state index contributed by atoms with van der Waals surface area (Å²) in [6, 6.07) is 9.53. The van der Waals surface area contributed by atoms with Crippen LogP contribution < -0.4 is 11.1 Å². The summed E-state index contributed by atoms with van der Waals surface area (Å²) < 4.78 is 41.9. The fraction of sp³-hybridized carbons (Fsp3) is 0.362. The lowest BCUT2D eigenvalue weighted by Gasteiger charge is -2.31. The van der Waals surface area contributed by atoms with E-state index in [1.54, 1.807) is 72.9 Å². The van der Waals surface area contributed by atoms with Gasteiger partial charge in [-0.1, -0.05) is 21.3 Å². The van der Waals surface area contributed by atoms with Gasteiger partial charge in [-0.15, -0.1) is 11.6 Å². The van der Waals surface area contributed by atoms with Crippen LogP contribution in [0.2, 0.25) is 0 Å². The number of ether oxygens (including phenoxy) is 2. The van der Waals surface area contributed by atoms with E-state index in [1.165, 1.54) is 12.1 Å². The van der Waals surface area contributed by atoms with Gasteiger partial charge < -0.3 is 33.9 Å². The number of aromatic nitrogens is 4. The van der Waals surface area contributed by atoms with Gasteiger partial charge in [0, 0.05) is 62.5 Å². The molecule has 0 saturated carbocycles. The Morgan fingerprint density at radius 2 is 1.16 bits per heavy atom. The van der Waals surface area contributed by atoms with Crippen LogP contribution >= 0.6 is 23.4 Å². The van der Waals surface area contributed by atoms with Gasteiger partial charge in [0.1, 0.15) is 24.8 Å². The molecule has 64 heavy (non-hydrogen) atoms. The number of aryl methyl sites for hydroxylation is 2. The third-order valence-electron chi connectivity index (χ3n) is 12.8. The van der Waals surface area contributed by atoms with E-state index < -0.39 is 23.1 Å². The lowest BCUT2D eigenvalue weighted by atomic mass is 9.86. The van der Waals surface area contributed by atoms with Gasteiger partial charge >= 0.3 is 11.9 Å². The zero-order chi connectivity index (χ0) is 44.9. The van der Waals surface area contributed by atoms with Crippen LogP contribution in [0.25, 0.3) is 44.6 Å². The number of benzene rings is 2. The maximum atomic E-state index is 14.4. The van der Waals surface area contributed by atoms with E-state index in [1.807, 2.05) is 0 Å². The standard InChI is InChI=1S/C24H23FN2O5S.C22H18ClFN2O4.CH4/c1-3-24(31)17-7-20-21-14(9-27(20)22(29)15(17)10-32-23(24)30)16(11-33-5-4-28)13-6-12(2)18(25)8-19(13)26-21;1-3-22(29)15-5-18-19-13(8-26(18)20(27)14(15)9-30-21(22)28)12(7-23)11-4-10(2)16(24)6-17(11)25-19;/h6-8,28,31H,3-5,9-11H2,1-2H3;4-6,29H,3,7-9H2,1-2H3;1H4/t24-;22-;/m00./s1. The number of carbonyl (C=O) groups excluding carboxylic acids is 2. The summed E-state index contributed by atoms with van der Waals surface area (Å²) in [5.41, 5.74) is 3.86. The Morgan fingerprint density at radius 1 is 0.719 bits per heavy atom. The Hall–Kier alpha value is -5.52. The number of rotatable bonds is 7. The molecule has 0 unspecified atom stereocenters. The van der Waals surface area contributed by atoms with Gasteiger partial charge in [0.2, 0.25) is 0 Å². The fourth-order valence-electron chi connectivity index (χ4n) is 9.14. The lowest BCUT2D eigenvalue weighted by Crippen LogP contribution is -2.44. The second-order valence-corrected chi connectivity index (χ2v) is 17.6. The molecule has 0 bridgehead atoms. The number of alkyl halides is 1. The van der Waals surface area contributed by atoms with Crippen LogP contribution in [0.15, 0.2) is 46.0 Å². The van der Waals surface area contributed by atoms with Gasteiger partial charge in [-0.25, -0.2) is 28.3 Å². The molecule has 0 saturated heterocycles. The molecule has 0 amide bonds. The van der Waals surface area contributed by atoms with Crippen molar-refractivity contribution >= 4 is 57.1 Å². The summed E-state index contributed by atoms with van der Waals surface area (Å²) in [5, 5.41) is 32.7. The van der Waals surface area contributed by atoms with Crippen molar-refractivity contribution in [2.45, 2.75) is 97.1 Å². The molecule has 4 aromatic heterocycles. The molecule has 2 atom stereocenters. The van der Waals surface area contributed by atoms with Gasteiger partial charge in [0.15, 0.2) is 11.2 Å². The summed E-state index contributed by atoms with van der Waals surface area (Å²) in [6.07, 6.45) is 0.129. The molecule has 4 aliphatic heterocycles. The van der Waals surface area contributed by atoms with Crippen molar-refractivity contribution in [3.63, 3.8) is 0 Å². The number of nitrogens with zero attached hydrogens (tertiary/aromatic N) is 4. The highest BCUT2D eigenvalue weighted by Crippen LogP contribution is 2.43. The molecule has 17 heteroatoms. The Kier molecular flexibility index (Phi) is 11.6. The molecule has 0 radical (unpaired) electrons. The average Bonchev–Trinajstić information content (AvgIpc) is 3.83. The second-order valence-electron chi connectivity index (χ2n) is 16.2. The summed E-state index contributed by atoms with van der Waals surface area (Å²) in [5.74, 6) is -1.00. The number of aliphatic hydroxyl groups is 3. The van der Waals surface area contributed by atoms with E-state index in [0.717, 1.165) is 33.0 Å². The first-order chi connectivity index (χ1) is 30.1. The highest BCUT2D eigenvalue weighted by Gasteiger charge is 2.47. The summed E-state index contributed by atoms with van der Waals surface area (Å²) in [6.45, 7) is 6.89. The normalized spacial score (nSPS) is 18.8. The van der Waals surface area contributed by atoms with E-state index in [0.29, 0.717) is 56.4 Å². The van der Waals surface area contributed by atoms with E-state index in [-0.39, 0.29) is 104 Å². The topological polar surface area (TPSA) is 183 Å².